The summed E-state index contributed by atoms with van der Waals surface area (Å²) in [6.07, 6.45) is -1.55. The third kappa shape index (κ3) is 3.52. The lowest BCUT2D eigenvalue weighted by atomic mass is 10.0. The predicted octanol–water partition coefficient (Wildman–Crippen LogP) is 5.24. The summed E-state index contributed by atoms with van der Waals surface area (Å²) in [5.41, 5.74) is -0.0424. The van der Waals surface area contributed by atoms with Crippen molar-refractivity contribution in [3.63, 3.8) is 0 Å². The van der Waals surface area contributed by atoms with Crippen molar-refractivity contribution < 1.29 is 22.4 Å². The Hall–Kier alpha value is -3.68. The molecule has 8 heteroatoms. The van der Waals surface area contributed by atoms with Gasteiger partial charge >= 0.3 is 6.18 Å². The van der Waals surface area contributed by atoms with Gasteiger partial charge in [0.05, 0.1) is 16.8 Å². The van der Waals surface area contributed by atoms with Gasteiger partial charge in [-0.25, -0.2) is 14.4 Å². The van der Waals surface area contributed by atoms with Crippen molar-refractivity contribution in [3.05, 3.63) is 94.9 Å². The number of carbonyl (C=O) groups excluding carboxylic acids is 1. The predicted molar refractivity (Wildman–Crippen MR) is 105 cm³/mol. The molecule has 0 saturated heterocycles. The number of hydrogen-bond acceptors (Lipinski definition) is 3. The number of hydrogen-bond donors (Lipinski definition) is 0. The van der Waals surface area contributed by atoms with E-state index >= 15 is 0 Å². The lowest BCUT2D eigenvalue weighted by molar-refractivity contribution is -0.137. The second kappa shape index (κ2) is 7.29. The van der Waals surface area contributed by atoms with Crippen molar-refractivity contribution in [2.45, 2.75) is 6.18 Å². The van der Waals surface area contributed by atoms with Gasteiger partial charge in [0.1, 0.15) is 11.6 Å². The summed E-state index contributed by atoms with van der Waals surface area (Å²) in [5.74, 6) is -0.586. The molecule has 1 aliphatic rings. The van der Waals surface area contributed by atoms with E-state index in [1.54, 1.807) is 31.3 Å². The first-order chi connectivity index (χ1) is 14.3. The Morgan fingerprint density at radius 3 is 2.47 bits per heavy atom. The van der Waals surface area contributed by atoms with E-state index in [-0.39, 0.29) is 16.8 Å². The molecule has 0 radical (unpaired) electrons. The van der Waals surface area contributed by atoms with Crippen LogP contribution in [0, 0.1) is 5.82 Å². The van der Waals surface area contributed by atoms with Crippen LogP contribution in [0.5, 0.6) is 0 Å². The molecule has 152 valence electrons. The van der Waals surface area contributed by atoms with Gasteiger partial charge in [-0.2, -0.15) is 13.2 Å². The Morgan fingerprint density at radius 2 is 1.80 bits per heavy atom. The number of halogens is 4. The van der Waals surface area contributed by atoms with Crippen LogP contribution in [0.25, 0.3) is 11.8 Å². The topological polar surface area (TPSA) is 36.4 Å². The molecule has 3 aromatic rings. The maximum absolute atomic E-state index is 13.7. The Kier molecular flexibility index (Phi) is 4.77. The molecule has 4 rings (SSSR count). The lowest BCUT2D eigenvalue weighted by Crippen LogP contribution is -2.39. The fourth-order valence-corrected chi connectivity index (χ4v) is 3.30. The highest BCUT2D eigenvalue weighted by Gasteiger charge is 2.39. The summed E-state index contributed by atoms with van der Waals surface area (Å²) in [4.78, 5) is 17.3. The lowest BCUT2D eigenvalue weighted by Gasteiger charge is -2.30. The van der Waals surface area contributed by atoms with Gasteiger partial charge in [-0.3, -0.25) is 9.80 Å². The van der Waals surface area contributed by atoms with Crippen molar-refractivity contribution >= 4 is 23.5 Å². The summed E-state index contributed by atoms with van der Waals surface area (Å²) in [6.45, 7) is 0. The summed E-state index contributed by atoms with van der Waals surface area (Å²) in [7, 11) is 1.58. The molecule has 0 fully saturated rings. The first kappa shape index (κ1) is 19.6. The zero-order valence-corrected chi connectivity index (χ0v) is 15.7. The maximum Gasteiger partial charge on any atom is 0.416 e. The highest BCUT2D eigenvalue weighted by atomic mass is 19.4. The van der Waals surface area contributed by atoms with Crippen molar-refractivity contribution in [3.8, 4) is 0 Å². The Bertz CT molecular complexity index is 1140. The number of pyridine rings is 1. The van der Waals surface area contributed by atoms with E-state index in [1.165, 1.54) is 40.5 Å². The molecule has 4 nitrogen and oxygen atoms in total. The summed E-state index contributed by atoms with van der Waals surface area (Å²) >= 11 is 0. The van der Waals surface area contributed by atoms with Gasteiger partial charge < -0.3 is 0 Å². The van der Waals surface area contributed by atoms with Crippen LogP contribution in [-0.2, 0) is 6.18 Å². The van der Waals surface area contributed by atoms with Crippen LogP contribution >= 0.6 is 0 Å². The number of amides is 1. The van der Waals surface area contributed by atoms with Crippen molar-refractivity contribution in [2.75, 3.05) is 12.1 Å². The first-order valence-electron chi connectivity index (χ1n) is 8.94. The van der Waals surface area contributed by atoms with E-state index < -0.39 is 23.5 Å². The molecule has 0 unspecified atom stereocenters. The summed E-state index contributed by atoms with van der Waals surface area (Å²) < 4.78 is 53.6. The average molecular weight is 413 g/mol. The van der Waals surface area contributed by atoms with Gasteiger partial charge in [-0.15, -0.1) is 0 Å². The normalized spacial score (nSPS) is 14.9. The molecule has 1 amide bonds. The van der Waals surface area contributed by atoms with Crippen LogP contribution in [0.3, 0.4) is 0 Å². The number of fused-ring (bicyclic) bond motifs is 1. The highest BCUT2D eigenvalue weighted by molar-refractivity contribution is 6.12. The third-order valence-corrected chi connectivity index (χ3v) is 4.71. The largest absolute Gasteiger partial charge is 0.416 e. The molecule has 1 aliphatic heterocycles. The second-order valence-corrected chi connectivity index (χ2v) is 6.67. The molecule has 1 aromatic heterocycles. The average Bonchev–Trinajstić information content (AvgIpc) is 2.99. The second-order valence-electron chi connectivity index (χ2n) is 6.67. The number of carbonyl (C=O) groups is 1. The van der Waals surface area contributed by atoms with Crippen LogP contribution in [0.1, 0.15) is 27.0 Å². The zero-order valence-electron chi connectivity index (χ0n) is 15.7. The van der Waals surface area contributed by atoms with Gasteiger partial charge in [0.25, 0.3) is 5.91 Å². The van der Waals surface area contributed by atoms with E-state index in [0.717, 1.165) is 18.2 Å². The summed E-state index contributed by atoms with van der Waals surface area (Å²) in [5, 5.41) is 2.68. The van der Waals surface area contributed by atoms with Gasteiger partial charge in [0.2, 0.25) is 0 Å². The molecule has 2 aromatic carbocycles. The van der Waals surface area contributed by atoms with Crippen molar-refractivity contribution in [1.82, 2.24) is 9.99 Å². The Balaban J connectivity index is 1.90. The fraction of sp³-hybridized carbons (Fsp3) is 0.0909. The van der Waals surface area contributed by atoms with Crippen LogP contribution in [0.2, 0.25) is 0 Å². The van der Waals surface area contributed by atoms with Crippen molar-refractivity contribution in [1.29, 1.82) is 0 Å². The Labute approximate surface area is 169 Å². The monoisotopic (exact) mass is 413 g/mol. The quantitative estimate of drug-likeness (QED) is 0.551. The number of benzene rings is 2. The van der Waals surface area contributed by atoms with Gasteiger partial charge in [-0.1, -0.05) is 18.2 Å². The third-order valence-electron chi connectivity index (χ3n) is 4.71. The van der Waals surface area contributed by atoms with Crippen LogP contribution in [-0.4, -0.2) is 22.9 Å². The van der Waals surface area contributed by atoms with E-state index in [9.17, 15) is 22.4 Å². The van der Waals surface area contributed by atoms with Crippen LogP contribution in [0.15, 0.2) is 66.9 Å². The minimum Gasteiger partial charge on any atom is -0.267 e. The minimum absolute atomic E-state index is 0.113. The molecule has 0 spiro atoms. The van der Waals surface area contributed by atoms with E-state index in [0.29, 0.717) is 11.4 Å². The molecular formula is C22H15F4N3O. The molecule has 0 aliphatic carbocycles. The highest BCUT2D eigenvalue weighted by Crippen LogP contribution is 2.40. The molecule has 2 heterocycles. The Morgan fingerprint density at radius 1 is 1.00 bits per heavy atom. The molecule has 0 atom stereocenters. The van der Waals surface area contributed by atoms with Crippen molar-refractivity contribution in [2.24, 2.45) is 0 Å². The maximum atomic E-state index is 13.7. The van der Waals surface area contributed by atoms with Gasteiger partial charge in [0, 0.05) is 18.8 Å². The van der Waals surface area contributed by atoms with E-state index in [4.69, 9.17) is 0 Å². The van der Waals surface area contributed by atoms with Crippen LogP contribution < -0.4 is 5.01 Å². The SMILES string of the molecule is CN(c1ccccn1)N1C(=O)c2ccc(C(F)(F)F)cc2/C1=C/c1cccc(F)c1. The number of aromatic nitrogens is 1. The fourth-order valence-electron chi connectivity index (χ4n) is 3.30. The molecule has 30 heavy (non-hydrogen) atoms. The van der Waals surface area contributed by atoms with E-state index in [2.05, 4.69) is 4.98 Å². The standard InChI is InChI=1S/C22H15F4N3O/c1-28(20-7-2-3-10-27-20)29-19(12-14-5-4-6-16(23)11-14)18-13-15(22(24,25)26)8-9-17(18)21(29)30/h2-13H,1H3/b19-12-. The minimum atomic E-state index is -4.57. The smallest absolute Gasteiger partial charge is 0.267 e. The number of alkyl halides is 3. The molecule has 0 saturated carbocycles. The first-order valence-corrected chi connectivity index (χ1v) is 8.94. The van der Waals surface area contributed by atoms with Gasteiger partial charge in [0.15, 0.2) is 0 Å². The number of rotatable bonds is 3. The molecular weight excluding hydrogens is 398 g/mol. The van der Waals surface area contributed by atoms with Gasteiger partial charge in [-0.05, 0) is 54.1 Å². The zero-order chi connectivity index (χ0) is 21.5. The number of anilines is 1. The molecule has 0 N–H and O–H groups in total. The number of nitrogens with zero attached hydrogens (tertiary/aromatic N) is 3. The summed E-state index contributed by atoms with van der Waals surface area (Å²) in [6, 6.07) is 13.6. The van der Waals surface area contributed by atoms with Crippen LogP contribution in [0.4, 0.5) is 23.4 Å². The number of hydrazine groups is 1. The molecule has 0 bridgehead atoms. The van der Waals surface area contributed by atoms with E-state index in [1.807, 2.05) is 0 Å².